The maximum atomic E-state index is 14.7. The van der Waals surface area contributed by atoms with Crippen molar-refractivity contribution in [2.24, 2.45) is 0 Å². The van der Waals surface area contributed by atoms with E-state index < -0.39 is 17.5 Å². The summed E-state index contributed by atoms with van der Waals surface area (Å²) >= 11 is 5.92. The average molecular weight is 533 g/mol. The first kappa shape index (κ1) is 26.1. The number of benzene rings is 2. The van der Waals surface area contributed by atoms with Gasteiger partial charge in [0.15, 0.2) is 11.2 Å². The minimum atomic E-state index is -1.07. The number of nitrogens with zero attached hydrogens (tertiary/aromatic N) is 2. The predicted molar refractivity (Wildman–Crippen MR) is 144 cm³/mol. The van der Waals surface area contributed by atoms with Gasteiger partial charge in [-0.05, 0) is 60.7 Å². The van der Waals surface area contributed by atoms with E-state index in [2.05, 4.69) is 16.8 Å². The molecule has 0 spiro atoms. The summed E-state index contributed by atoms with van der Waals surface area (Å²) in [6, 6.07) is 14.8. The molecule has 5 rings (SSSR count). The molecule has 1 fully saturated rings. The quantitative estimate of drug-likeness (QED) is 0.369. The van der Waals surface area contributed by atoms with Crippen LogP contribution in [-0.4, -0.2) is 44.9 Å². The van der Waals surface area contributed by atoms with Crippen molar-refractivity contribution in [3.63, 3.8) is 0 Å². The third kappa shape index (κ3) is 5.50. The van der Waals surface area contributed by atoms with Gasteiger partial charge in [0, 0.05) is 41.5 Å². The molecule has 2 aromatic heterocycles. The van der Waals surface area contributed by atoms with Crippen LogP contribution < -0.4 is 5.43 Å². The van der Waals surface area contributed by atoms with E-state index in [1.54, 1.807) is 48.7 Å². The van der Waals surface area contributed by atoms with Gasteiger partial charge in [0.1, 0.15) is 17.0 Å². The molecule has 38 heavy (non-hydrogen) atoms. The first-order chi connectivity index (χ1) is 18.2. The molecule has 2 aromatic carbocycles. The van der Waals surface area contributed by atoms with Crippen LogP contribution in [0.25, 0.3) is 22.1 Å². The highest BCUT2D eigenvalue weighted by Crippen LogP contribution is 2.27. The smallest absolute Gasteiger partial charge is 0.193 e. The van der Waals surface area contributed by atoms with Crippen LogP contribution in [0.2, 0.25) is 5.02 Å². The molecular weight excluding hydrogens is 507 g/mol. The third-order valence-electron chi connectivity index (χ3n) is 7.03. The zero-order chi connectivity index (χ0) is 26.9. The Morgan fingerprint density at radius 2 is 1.95 bits per heavy atom. The molecule has 2 atom stereocenters. The largest absolute Gasteiger partial charge is 0.459 e. The first-order valence-corrected chi connectivity index (χ1v) is 12.7. The van der Waals surface area contributed by atoms with Gasteiger partial charge in [0.2, 0.25) is 0 Å². The summed E-state index contributed by atoms with van der Waals surface area (Å²) in [7, 11) is 0. The van der Waals surface area contributed by atoms with Gasteiger partial charge in [-0.25, -0.2) is 9.37 Å². The maximum absolute atomic E-state index is 14.7. The fourth-order valence-electron chi connectivity index (χ4n) is 4.62. The lowest BCUT2D eigenvalue weighted by Gasteiger charge is -2.41. The Labute approximate surface area is 224 Å². The molecular formula is C30H26ClFN2O4. The van der Waals surface area contributed by atoms with Crippen molar-refractivity contribution < 1.29 is 19.0 Å². The zero-order valence-corrected chi connectivity index (χ0v) is 21.5. The second-order valence-corrected chi connectivity index (χ2v) is 9.99. The number of likely N-dealkylation sites (tertiary alicyclic amines) is 1. The lowest BCUT2D eigenvalue weighted by atomic mass is 9.86. The van der Waals surface area contributed by atoms with E-state index >= 15 is 0 Å². The van der Waals surface area contributed by atoms with Crippen molar-refractivity contribution >= 4 is 22.6 Å². The fourth-order valence-corrected chi connectivity index (χ4v) is 4.75. The Hall–Kier alpha value is -3.54. The summed E-state index contributed by atoms with van der Waals surface area (Å²) in [4.78, 5) is 18.9. The number of aliphatic hydroxyl groups is 2. The van der Waals surface area contributed by atoms with E-state index in [-0.39, 0.29) is 11.1 Å². The normalized spacial score (nSPS) is 19.8. The van der Waals surface area contributed by atoms with Crippen LogP contribution in [0.15, 0.2) is 70.0 Å². The van der Waals surface area contributed by atoms with Crippen molar-refractivity contribution in [3.8, 4) is 23.0 Å². The van der Waals surface area contributed by atoms with Crippen LogP contribution in [0.1, 0.15) is 36.8 Å². The minimum absolute atomic E-state index is 0.00360. The molecule has 6 nitrogen and oxygen atoms in total. The molecule has 1 aliphatic rings. The van der Waals surface area contributed by atoms with Crippen molar-refractivity contribution in [3.05, 3.63) is 98.9 Å². The molecule has 0 saturated carbocycles. The van der Waals surface area contributed by atoms with Gasteiger partial charge in [0.25, 0.3) is 0 Å². The number of aromatic nitrogens is 1. The average Bonchev–Trinajstić information content (AvgIpc) is 2.91. The van der Waals surface area contributed by atoms with Gasteiger partial charge < -0.3 is 14.6 Å². The van der Waals surface area contributed by atoms with E-state index in [9.17, 15) is 19.4 Å². The molecule has 1 aliphatic heterocycles. The molecule has 0 unspecified atom stereocenters. The Kier molecular flexibility index (Phi) is 7.33. The van der Waals surface area contributed by atoms with Gasteiger partial charge in [0.05, 0.1) is 23.6 Å². The summed E-state index contributed by atoms with van der Waals surface area (Å²) in [5, 5.41) is 21.7. The van der Waals surface area contributed by atoms with E-state index in [1.807, 2.05) is 11.8 Å². The number of hydrogen-bond acceptors (Lipinski definition) is 6. The summed E-state index contributed by atoms with van der Waals surface area (Å²) < 4.78 is 20.6. The topological polar surface area (TPSA) is 86.8 Å². The van der Waals surface area contributed by atoms with Crippen molar-refractivity contribution in [2.75, 3.05) is 13.1 Å². The number of aliphatic hydroxyl groups excluding tert-OH is 1. The standard InChI is InChI=1S/C30H26ClFN2O4/c1-2-30(37)11-12-34(18-29(30)36)17-23-15-27(35)24-13-19(4-10-28(24)38-23)3-9-26-25(32)14-21(16-33-26)20-5-7-22(31)8-6-20/h4-8,10,13-16,29,36-37H,2,11-12,17-18H2,1H3/t29-,30+/m1/s1. The number of fused-ring (bicyclic) bond motifs is 1. The monoisotopic (exact) mass is 532 g/mol. The van der Waals surface area contributed by atoms with Crippen LogP contribution in [0, 0.1) is 17.7 Å². The highest BCUT2D eigenvalue weighted by molar-refractivity contribution is 6.30. The number of hydrogen-bond donors (Lipinski definition) is 2. The van der Waals surface area contributed by atoms with Gasteiger partial charge in [-0.15, -0.1) is 0 Å². The minimum Gasteiger partial charge on any atom is -0.459 e. The maximum Gasteiger partial charge on any atom is 0.193 e. The van der Waals surface area contributed by atoms with Crippen molar-refractivity contribution in [1.29, 1.82) is 0 Å². The number of pyridine rings is 1. The summed E-state index contributed by atoms with van der Waals surface area (Å²) in [6.07, 6.45) is 1.62. The molecule has 0 amide bonds. The molecule has 2 N–H and O–H groups in total. The SMILES string of the molecule is CC[C@]1(O)CCN(Cc2cc(=O)c3cc(C#Cc4ncc(-c5ccc(Cl)cc5)cc4F)ccc3o2)C[C@H]1O. The molecule has 8 heteroatoms. The third-order valence-corrected chi connectivity index (χ3v) is 7.28. The number of β-amino-alcohol motifs (C(OH)–C–C–N with tert-alkyl or cyclic N) is 1. The molecule has 4 aromatic rings. The molecule has 0 aliphatic carbocycles. The highest BCUT2D eigenvalue weighted by atomic mass is 35.5. The van der Waals surface area contributed by atoms with E-state index in [1.165, 1.54) is 12.1 Å². The number of halogens is 2. The predicted octanol–water partition coefficient (Wildman–Crippen LogP) is 4.76. The second kappa shape index (κ2) is 10.7. The Bertz CT molecular complexity index is 1610. The lowest BCUT2D eigenvalue weighted by Crippen LogP contribution is -2.54. The lowest BCUT2D eigenvalue weighted by molar-refractivity contribution is -0.122. The first-order valence-electron chi connectivity index (χ1n) is 12.4. The van der Waals surface area contributed by atoms with Gasteiger partial charge in [-0.1, -0.05) is 36.6 Å². The molecule has 194 valence electrons. The molecule has 3 heterocycles. The van der Waals surface area contributed by atoms with E-state index in [0.717, 1.165) is 5.56 Å². The van der Waals surface area contributed by atoms with Crippen LogP contribution in [0.5, 0.6) is 0 Å². The van der Waals surface area contributed by atoms with Crippen LogP contribution in [-0.2, 0) is 6.54 Å². The van der Waals surface area contributed by atoms with Gasteiger partial charge in [-0.2, -0.15) is 0 Å². The summed E-state index contributed by atoms with van der Waals surface area (Å²) in [6.45, 7) is 3.08. The fraction of sp³-hybridized carbons (Fsp3) is 0.267. The van der Waals surface area contributed by atoms with Gasteiger partial charge in [-0.3, -0.25) is 9.69 Å². The molecule has 0 radical (unpaired) electrons. The van der Waals surface area contributed by atoms with E-state index in [0.29, 0.717) is 65.4 Å². The van der Waals surface area contributed by atoms with Crippen LogP contribution in [0.3, 0.4) is 0 Å². The second-order valence-electron chi connectivity index (χ2n) is 9.56. The Morgan fingerprint density at radius 3 is 2.66 bits per heavy atom. The number of piperidine rings is 1. The zero-order valence-electron chi connectivity index (χ0n) is 20.7. The Morgan fingerprint density at radius 1 is 1.16 bits per heavy atom. The molecule has 0 bridgehead atoms. The van der Waals surface area contributed by atoms with Crippen LogP contribution in [0.4, 0.5) is 4.39 Å². The van der Waals surface area contributed by atoms with Crippen LogP contribution >= 0.6 is 11.6 Å². The Balaban J connectivity index is 1.33. The summed E-state index contributed by atoms with van der Waals surface area (Å²) in [5.41, 5.74) is 1.06. The number of rotatable bonds is 4. The van der Waals surface area contributed by atoms with E-state index in [4.69, 9.17) is 16.0 Å². The van der Waals surface area contributed by atoms with Gasteiger partial charge >= 0.3 is 0 Å². The molecule has 1 saturated heterocycles. The van der Waals surface area contributed by atoms with Crippen molar-refractivity contribution in [1.82, 2.24) is 9.88 Å². The summed E-state index contributed by atoms with van der Waals surface area (Å²) in [5.74, 6) is 5.55. The highest BCUT2D eigenvalue weighted by Gasteiger charge is 2.39. The van der Waals surface area contributed by atoms with Crippen molar-refractivity contribution in [2.45, 2.75) is 38.0 Å².